The van der Waals surface area contributed by atoms with Crippen molar-refractivity contribution >= 4 is 17.1 Å². The molecule has 24 heavy (non-hydrogen) atoms. The third kappa shape index (κ3) is 3.12. The Hall–Kier alpha value is -2.40. The van der Waals surface area contributed by atoms with Gasteiger partial charge in [0.05, 0.1) is 5.02 Å². The van der Waals surface area contributed by atoms with E-state index in [1.807, 2.05) is 33.8 Å². The lowest BCUT2D eigenvalue weighted by Crippen LogP contribution is -2.28. The Bertz CT molecular complexity index is 912. The summed E-state index contributed by atoms with van der Waals surface area (Å²) in [6, 6.07) is 7.05. The van der Waals surface area contributed by atoms with Crippen molar-refractivity contribution in [1.82, 2.24) is 19.2 Å². The molecule has 1 atom stereocenters. The number of fused-ring (bicyclic) bond motifs is 1. The minimum atomic E-state index is -0.244. The quantitative estimate of drug-likeness (QED) is 0.668. The van der Waals surface area contributed by atoms with E-state index < -0.39 is 0 Å². The topological polar surface area (TPSA) is 52.2 Å². The molecule has 0 aliphatic carbocycles. The molecule has 3 heterocycles. The van der Waals surface area contributed by atoms with Crippen LogP contribution in [0.25, 0.3) is 11.3 Å². The second-order valence-electron chi connectivity index (χ2n) is 5.21. The zero-order valence-corrected chi connectivity index (χ0v) is 15.1. The van der Waals surface area contributed by atoms with Crippen molar-refractivity contribution in [1.29, 1.82) is 0 Å². The van der Waals surface area contributed by atoms with E-state index in [-0.39, 0.29) is 11.5 Å². The lowest BCUT2D eigenvalue weighted by molar-refractivity contribution is 0.674. The molecule has 0 saturated carbocycles. The molecule has 0 aliphatic rings. The van der Waals surface area contributed by atoms with E-state index in [4.69, 9.17) is 11.6 Å². The third-order valence-corrected chi connectivity index (χ3v) is 3.97. The van der Waals surface area contributed by atoms with Gasteiger partial charge in [-0.3, -0.25) is 4.79 Å². The van der Waals surface area contributed by atoms with Gasteiger partial charge in [-0.05, 0) is 25.1 Å². The van der Waals surface area contributed by atoms with Gasteiger partial charge >= 0.3 is 0 Å². The molecule has 6 heteroatoms. The number of hydrogen-bond acceptors (Lipinski definition) is 3. The SMILES string of the molecule is C=C(C)[C@H](C)c1nn2ccc(Cl)c2c(=O)n1-c1ccccn1.CC. The van der Waals surface area contributed by atoms with Crippen LogP contribution >= 0.6 is 11.6 Å². The van der Waals surface area contributed by atoms with E-state index in [2.05, 4.69) is 16.7 Å². The first kappa shape index (κ1) is 17.9. The van der Waals surface area contributed by atoms with Gasteiger partial charge in [-0.1, -0.05) is 50.6 Å². The standard InChI is InChI=1S/C16H15ClN4O.C2H6/c1-10(2)11(3)15-19-20-9-7-12(17)14(20)16(22)21(15)13-6-4-5-8-18-13;1-2/h4-9,11H,1H2,2-3H3;1-2H3/t11-;/m0./s1. The van der Waals surface area contributed by atoms with Gasteiger partial charge in [-0.15, -0.1) is 0 Å². The van der Waals surface area contributed by atoms with Crippen LogP contribution in [0, 0.1) is 0 Å². The van der Waals surface area contributed by atoms with Gasteiger partial charge in [-0.2, -0.15) is 5.10 Å². The van der Waals surface area contributed by atoms with Crippen molar-refractivity contribution in [2.45, 2.75) is 33.6 Å². The Morgan fingerprint density at radius 3 is 2.58 bits per heavy atom. The Kier molecular flexibility index (Phi) is 5.57. The second kappa shape index (κ2) is 7.45. The van der Waals surface area contributed by atoms with Crippen molar-refractivity contribution in [2.75, 3.05) is 0 Å². The van der Waals surface area contributed by atoms with Crippen LogP contribution in [-0.2, 0) is 0 Å². The average Bonchev–Trinajstić information content (AvgIpc) is 2.98. The highest BCUT2D eigenvalue weighted by Gasteiger charge is 2.20. The van der Waals surface area contributed by atoms with Crippen molar-refractivity contribution in [2.24, 2.45) is 0 Å². The highest BCUT2D eigenvalue weighted by molar-refractivity contribution is 6.33. The molecule has 3 aromatic heterocycles. The predicted octanol–water partition coefficient (Wildman–Crippen LogP) is 4.24. The molecule has 3 rings (SSSR count). The molecule has 126 valence electrons. The fraction of sp³-hybridized carbons (Fsp3) is 0.278. The smallest absolute Gasteiger partial charge is 0.266 e. The summed E-state index contributed by atoms with van der Waals surface area (Å²) in [5.74, 6) is 0.999. The molecular formula is C18H21ClN4O. The highest BCUT2D eigenvalue weighted by Crippen LogP contribution is 2.23. The number of allylic oxidation sites excluding steroid dienone is 1. The highest BCUT2D eigenvalue weighted by atomic mass is 35.5. The van der Waals surface area contributed by atoms with Gasteiger partial charge in [0, 0.05) is 18.3 Å². The summed E-state index contributed by atoms with van der Waals surface area (Å²) in [4.78, 5) is 17.2. The minimum Gasteiger partial charge on any atom is -0.266 e. The Morgan fingerprint density at radius 2 is 2.00 bits per heavy atom. The number of pyridine rings is 1. The predicted molar refractivity (Wildman–Crippen MR) is 98.2 cm³/mol. The van der Waals surface area contributed by atoms with Crippen LogP contribution in [0.5, 0.6) is 0 Å². The number of rotatable bonds is 3. The molecular weight excluding hydrogens is 324 g/mol. The zero-order valence-electron chi connectivity index (χ0n) is 14.3. The lowest BCUT2D eigenvalue weighted by atomic mass is 10.0. The largest absolute Gasteiger partial charge is 0.285 e. The summed E-state index contributed by atoms with van der Waals surface area (Å²) in [5.41, 5.74) is 1.01. The van der Waals surface area contributed by atoms with Gasteiger partial charge in [0.1, 0.15) is 17.2 Å². The number of hydrogen-bond donors (Lipinski definition) is 0. The molecule has 0 unspecified atom stereocenters. The van der Waals surface area contributed by atoms with E-state index in [0.29, 0.717) is 22.2 Å². The molecule has 0 bridgehead atoms. The van der Waals surface area contributed by atoms with Crippen molar-refractivity contribution in [3.05, 3.63) is 70.0 Å². The number of halogens is 1. The van der Waals surface area contributed by atoms with Crippen LogP contribution < -0.4 is 5.56 Å². The molecule has 0 spiro atoms. The average molecular weight is 345 g/mol. The first-order valence-corrected chi connectivity index (χ1v) is 8.25. The fourth-order valence-corrected chi connectivity index (χ4v) is 2.48. The van der Waals surface area contributed by atoms with E-state index in [1.54, 1.807) is 30.6 Å². The van der Waals surface area contributed by atoms with Gasteiger partial charge in [-0.25, -0.2) is 14.1 Å². The molecule has 0 aliphatic heterocycles. The maximum atomic E-state index is 12.9. The van der Waals surface area contributed by atoms with Gasteiger partial charge in [0.15, 0.2) is 0 Å². The molecule has 3 aromatic rings. The maximum Gasteiger partial charge on any atom is 0.285 e. The monoisotopic (exact) mass is 344 g/mol. The van der Waals surface area contributed by atoms with Crippen molar-refractivity contribution in [3.8, 4) is 5.82 Å². The van der Waals surface area contributed by atoms with Crippen molar-refractivity contribution in [3.63, 3.8) is 0 Å². The Balaban J connectivity index is 0.00000100. The lowest BCUT2D eigenvalue weighted by Gasteiger charge is -2.17. The van der Waals surface area contributed by atoms with Crippen molar-refractivity contribution < 1.29 is 0 Å². The summed E-state index contributed by atoms with van der Waals surface area (Å²) in [5, 5.41) is 4.92. The fourth-order valence-electron chi connectivity index (χ4n) is 2.26. The van der Waals surface area contributed by atoms with Crippen LogP contribution in [0.15, 0.2) is 53.6 Å². The van der Waals surface area contributed by atoms with Crippen LogP contribution in [0.2, 0.25) is 5.02 Å². The van der Waals surface area contributed by atoms with Crippen LogP contribution in [0.3, 0.4) is 0 Å². The molecule has 0 aromatic carbocycles. The summed E-state index contributed by atoms with van der Waals surface area (Å²) >= 11 is 6.12. The molecule has 0 amide bonds. The van der Waals surface area contributed by atoms with Crippen LogP contribution in [-0.4, -0.2) is 19.2 Å². The summed E-state index contributed by atoms with van der Waals surface area (Å²) < 4.78 is 3.01. The molecule has 5 nitrogen and oxygen atoms in total. The van der Waals surface area contributed by atoms with E-state index in [9.17, 15) is 4.79 Å². The van der Waals surface area contributed by atoms with Crippen LogP contribution in [0.1, 0.15) is 39.4 Å². The van der Waals surface area contributed by atoms with Crippen LogP contribution in [0.4, 0.5) is 0 Å². The number of nitrogens with zero attached hydrogens (tertiary/aromatic N) is 4. The third-order valence-electron chi connectivity index (χ3n) is 3.67. The Morgan fingerprint density at radius 1 is 1.29 bits per heavy atom. The summed E-state index contributed by atoms with van der Waals surface area (Å²) in [6.45, 7) is 11.8. The van der Waals surface area contributed by atoms with Gasteiger partial charge < -0.3 is 0 Å². The van der Waals surface area contributed by atoms with E-state index >= 15 is 0 Å². The number of aromatic nitrogens is 4. The molecule has 0 radical (unpaired) electrons. The first-order chi connectivity index (χ1) is 11.5. The molecule has 0 fully saturated rings. The van der Waals surface area contributed by atoms with E-state index in [0.717, 1.165) is 5.57 Å². The molecule has 0 saturated heterocycles. The second-order valence-corrected chi connectivity index (χ2v) is 5.62. The first-order valence-electron chi connectivity index (χ1n) is 7.87. The minimum absolute atomic E-state index is 0.0970. The summed E-state index contributed by atoms with van der Waals surface area (Å²) in [6.07, 6.45) is 3.32. The van der Waals surface area contributed by atoms with Gasteiger partial charge in [0.25, 0.3) is 5.56 Å². The van der Waals surface area contributed by atoms with Gasteiger partial charge in [0.2, 0.25) is 0 Å². The normalized spacial score (nSPS) is 11.7. The van der Waals surface area contributed by atoms with E-state index in [1.165, 1.54) is 9.08 Å². The maximum absolute atomic E-state index is 12.9. The zero-order chi connectivity index (χ0) is 17.9. The summed E-state index contributed by atoms with van der Waals surface area (Å²) in [7, 11) is 0. The Labute approximate surface area is 146 Å². The molecule has 0 N–H and O–H groups in total.